The molecule has 0 unspecified atom stereocenters. The Bertz CT molecular complexity index is 358. The van der Waals surface area contributed by atoms with Crippen LogP contribution in [0.25, 0.3) is 0 Å². The summed E-state index contributed by atoms with van der Waals surface area (Å²) in [5, 5.41) is 7.32. The number of nitrogen functional groups attached to an aromatic ring is 1. The second-order valence-electron chi connectivity index (χ2n) is 4.07. The first kappa shape index (κ1) is 10.2. The molecule has 1 fully saturated rings. The Morgan fingerprint density at radius 1 is 1.47 bits per heavy atom. The summed E-state index contributed by atoms with van der Waals surface area (Å²) in [6, 6.07) is 7.66. The van der Waals surface area contributed by atoms with Crippen LogP contribution in [0.3, 0.4) is 0 Å². The van der Waals surface area contributed by atoms with E-state index in [1.807, 2.05) is 24.3 Å². The molecule has 1 aliphatic carbocycles. The summed E-state index contributed by atoms with van der Waals surface area (Å²) in [5.41, 5.74) is 7.26. The highest BCUT2D eigenvalue weighted by molar-refractivity contribution is 5.95. The van der Waals surface area contributed by atoms with E-state index in [1.54, 1.807) is 0 Å². The zero-order valence-electron chi connectivity index (χ0n) is 8.70. The highest BCUT2D eigenvalue weighted by atomic mass is 16.5. The lowest BCUT2D eigenvalue weighted by Crippen LogP contribution is -2.11. The molecule has 1 aromatic carbocycles. The minimum absolute atomic E-state index is 0.110. The van der Waals surface area contributed by atoms with Crippen LogP contribution in [0.15, 0.2) is 24.3 Å². The smallest absolute Gasteiger partial charge is 0.122 e. The van der Waals surface area contributed by atoms with Gasteiger partial charge >= 0.3 is 0 Å². The summed E-state index contributed by atoms with van der Waals surface area (Å²) in [7, 11) is 0. The van der Waals surface area contributed by atoms with Crippen LogP contribution >= 0.6 is 0 Å². The first-order valence-corrected chi connectivity index (χ1v) is 5.27. The van der Waals surface area contributed by atoms with Gasteiger partial charge in [-0.2, -0.15) is 0 Å². The quantitative estimate of drug-likeness (QED) is 0.568. The Kier molecular flexibility index (Phi) is 3.02. The standard InChI is InChI=1S/C12H16N2O/c13-12(14)11-3-1-2-10(6-11)8-15-7-9-4-5-9/h1-3,6,9H,4-5,7-8H2,(H3,13,14). The lowest BCUT2D eigenvalue weighted by atomic mass is 10.1. The molecule has 0 atom stereocenters. The fourth-order valence-electron chi connectivity index (χ4n) is 1.46. The van der Waals surface area contributed by atoms with Crippen LogP contribution in [0, 0.1) is 11.3 Å². The van der Waals surface area contributed by atoms with Crippen LogP contribution in [0.2, 0.25) is 0 Å². The van der Waals surface area contributed by atoms with E-state index in [2.05, 4.69) is 0 Å². The third kappa shape index (κ3) is 3.06. The highest BCUT2D eigenvalue weighted by Crippen LogP contribution is 2.29. The van der Waals surface area contributed by atoms with Crippen LogP contribution in [-0.2, 0) is 11.3 Å². The zero-order valence-corrected chi connectivity index (χ0v) is 8.70. The SMILES string of the molecule is N=C(N)c1cccc(COCC2CC2)c1. The normalized spacial score (nSPS) is 15.2. The lowest BCUT2D eigenvalue weighted by molar-refractivity contribution is 0.111. The van der Waals surface area contributed by atoms with Gasteiger partial charge in [-0.25, -0.2) is 0 Å². The number of hydrogen-bond donors (Lipinski definition) is 2. The first-order chi connectivity index (χ1) is 7.25. The molecular formula is C12H16N2O. The van der Waals surface area contributed by atoms with E-state index in [0.29, 0.717) is 6.61 Å². The van der Waals surface area contributed by atoms with Crippen LogP contribution in [0.5, 0.6) is 0 Å². The molecule has 2 rings (SSSR count). The Hall–Kier alpha value is -1.35. The Morgan fingerprint density at radius 2 is 2.27 bits per heavy atom. The minimum Gasteiger partial charge on any atom is -0.384 e. The fraction of sp³-hybridized carbons (Fsp3) is 0.417. The molecule has 1 aliphatic rings. The van der Waals surface area contributed by atoms with E-state index in [-0.39, 0.29) is 5.84 Å². The van der Waals surface area contributed by atoms with Gasteiger partial charge in [0.1, 0.15) is 5.84 Å². The van der Waals surface area contributed by atoms with Crippen molar-refractivity contribution < 1.29 is 4.74 Å². The van der Waals surface area contributed by atoms with Gasteiger partial charge in [0.2, 0.25) is 0 Å². The van der Waals surface area contributed by atoms with Gasteiger partial charge in [-0.15, -0.1) is 0 Å². The van der Waals surface area contributed by atoms with Gasteiger partial charge < -0.3 is 10.5 Å². The predicted octanol–water partition coefficient (Wildman–Crippen LogP) is 1.90. The monoisotopic (exact) mass is 204 g/mol. The largest absolute Gasteiger partial charge is 0.384 e. The molecule has 3 nitrogen and oxygen atoms in total. The number of ether oxygens (including phenoxy) is 1. The topological polar surface area (TPSA) is 59.1 Å². The zero-order chi connectivity index (χ0) is 10.7. The molecule has 0 spiro atoms. The van der Waals surface area contributed by atoms with Crippen molar-refractivity contribution in [1.29, 1.82) is 5.41 Å². The number of rotatable bonds is 5. The van der Waals surface area contributed by atoms with Crippen molar-refractivity contribution in [3.8, 4) is 0 Å². The van der Waals surface area contributed by atoms with E-state index >= 15 is 0 Å². The van der Waals surface area contributed by atoms with Crippen LogP contribution in [0.1, 0.15) is 24.0 Å². The summed E-state index contributed by atoms with van der Waals surface area (Å²) in [5.74, 6) is 0.903. The van der Waals surface area contributed by atoms with Gasteiger partial charge in [-0.05, 0) is 30.4 Å². The molecule has 15 heavy (non-hydrogen) atoms. The van der Waals surface area contributed by atoms with E-state index < -0.39 is 0 Å². The van der Waals surface area contributed by atoms with Gasteiger partial charge in [0, 0.05) is 12.2 Å². The Balaban J connectivity index is 1.88. The summed E-state index contributed by atoms with van der Waals surface area (Å²) in [6.45, 7) is 1.49. The van der Waals surface area contributed by atoms with Crippen molar-refractivity contribution >= 4 is 5.84 Å². The molecule has 0 radical (unpaired) electrons. The molecule has 0 bridgehead atoms. The van der Waals surface area contributed by atoms with Crippen LogP contribution < -0.4 is 5.73 Å². The molecule has 3 N–H and O–H groups in total. The number of benzene rings is 1. The molecule has 0 amide bonds. The summed E-state index contributed by atoms with van der Waals surface area (Å²) < 4.78 is 5.57. The average molecular weight is 204 g/mol. The lowest BCUT2D eigenvalue weighted by Gasteiger charge is -2.05. The maximum Gasteiger partial charge on any atom is 0.122 e. The number of nitrogens with one attached hydrogen (secondary N) is 1. The summed E-state index contributed by atoms with van der Waals surface area (Å²) >= 11 is 0. The molecule has 1 aromatic rings. The molecule has 0 aliphatic heterocycles. The minimum atomic E-state index is 0.110. The molecule has 3 heteroatoms. The second kappa shape index (κ2) is 4.45. The maximum atomic E-state index is 7.32. The third-order valence-electron chi connectivity index (χ3n) is 2.56. The van der Waals surface area contributed by atoms with Crippen LogP contribution in [0.4, 0.5) is 0 Å². The molecule has 80 valence electrons. The predicted molar refractivity (Wildman–Crippen MR) is 59.8 cm³/mol. The van der Waals surface area contributed by atoms with Crippen molar-refractivity contribution in [3.63, 3.8) is 0 Å². The van der Waals surface area contributed by atoms with Crippen molar-refractivity contribution in [2.45, 2.75) is 19.4 Å². The first-order valence-electron chi connectivity index (χ1n) is 5.27. The van der Waals surface area contributed by atoms with Gasteiger partial charge in [0.15, 0.2) is 0 Å². The summed E-state index contributed by atoms with van der Waals surface area (Å²) in [4.78, 5) is 0. The molecule has 0 heterocycles. The fourth-order valence-corrected chi connectivity index (χ4v) is 1.46. The van der Waals surface area contributed by atoms with Crippen molar-refractivity contribution in [2.24, 2.45) is 11.7 Å². The Morgan fingerprint density at radius 3 is 2.93 bits per heavy atom. The average Bonchev–Trinajstić information content (AvgIpc) is 3.02. The summed E-state index contributed by atoms with van der Waals surface area (Å²) in [6.07, 6.45) is 2.63. The van der Waals surface area contributed by atoms with E-state index in [0.717, 1.165) is 23.7 Å². The Labute approximate surface area is 89.8 Å². The molecule has 0 aromatic heterocycles. The van der Waals surface area contributed by atoms with E-state index in [9.17, 15) is 0 Å². The van der Waals surface area contributed by atoms with Crippen molar-refractivity contribution in [1.82, 2.24) is 0 Å². The van der Waals surface area contributed by atoms with Crippen LogP contribution in [-0.4, -0.2) is 12.4 Å². The molecular weight excluding hydrogens is 188 g/mol. The van der Waals surface area contributed by atoms with E-state index in [4.69, 9.17) is 15.9 Å². The maximum absolute atomic E-state index is 7.32. The molecule has 1 saturated carbocycles. The van der Waals surface area contributed by atoms with Crippen molar-refractivity contribution in [2.75, 3.05) is 6.61 Å². The van der Waals surface area contributed by atoms with Gasteiger partial charge in [0.05, 0.1) is 6.61 Å². The number of amidine groups is 1. The van der Waals surface area contributed by atoms with Crippen molar-refractivity contribution in [3.05, 3.63) is 35.4 Å². The highest BCUT2D eigenvalue weighted by Gasteiger charge is 2.20. The van der Waals surface area contributed by atoms with Gasteiger partial charge in [-0.1, -0.05) is 18.2 Å². The second-order valence-corrected chi connectivity index (χ2v) is 4.07. The van der Waals surface area contributed by atoms with Gasteiger partial charge in [-0.3, -0.25) is 5.41 Å². The third-order valence-corrected chi connectivity index (χ3v) is 2.56. The molecule has 0 saturated heterocycles. The number of nitrogens with two attached hydrogens (primary N) is 1. The van der Waals surface area contributed by atoms with E-state index in [1.165, 1.54) is 12.8 Å². The van der Waals surface area contributed by atoms with Gasteiger partial charge in [0.25, 0.3) is 0 Å². The number of hydrogen-bond acceptors (Lipinski definition) is 2.